The van der Waals surface area contributed by atoms with Gasteiger partial charge in [0.05, 0.1) is 5.54 Å². The van der Waals surface area contributed by atoms with Crippen LogP contribution >= 0.6 is 0 Å². The summed E-state index contributed by atoms with van der Waals surface area (Å²) < 4.78 is 0. The van der Waals surface area contributed by atoms with Gasteiger partial charge in [0.15, 0.2) is 0 Å². The zero-order valence-corrected chi connectivity index (χ0v) is 11.0. The smallest absolute Gasteiger partial charge is 0.317 e. The molecule has 0 aromatic heterocycles. The molecule has 17 heavy (non-hydrogen) atoms. The Kier molecular flexibility index (Phi) is 4.37. The molecule has 0 heterocycles. The van der Waals surface area contributed by atoms with Gasteiger partial charge in [-0.05, 0) is 31.6 Å². The third-order valence-corrected chi connectivity index (χ3v) is 3.80. The van der Waals surface area contributed by atoms with Gasteiger partial charge < -0.3 is 16.0 Å². The number of urea groups is 1. The van der Waals surface area contributed by atoms with Crippen LogP contribution in [0.5, 0.6) is 0 Å². The van der Waals surface area contributed by atoms with Crippen molar-refractivity contribution >= 4 is 11.9 Å². The maximum absolute atomic E-state index is 11.7. The Labute approximate surface area is 103 Å². The standard InChI is InChI=1S/C12H24N4O/c1-4-9-5-7-12(8-6-9,10(13)14)15-11(17)16(2)3/h9H,4-8H2,1-3H3,(H3,13,14)(H,15,17). The summed E-state index contributed by atoms with van der Waals surface area (Å²) >= 11 is 0. The fourth-order valence-corrected chi connectivity index (χ4v) is 2.36. The van der Waals surface area contributed by atoms with Crippen LogP contribution in [0.3, 0.4) is 0 Å². The lowest BCUT2D eigenvalue weighted by Crippen LogP contribution is -2.60. The topological polar surface area (TPSA) is 82.2 Å². The summed E-state index contributed by atoms with van der Waals surface area (Å²) in [6.45, 7) is 2.18. The molecule has 1 saturated carbocycles. The monoisotopic (exact) mass is 240 g/mol. The molecule has 0 unspecified atom stereocenters. The molecule has 5 heteroatoms. The maximum Gasteiger partial charge on any atom is 0.317 e. The zero-order chi connectivity index (χ0) is 13.1. The molecule has 0 radical (unpaired) electrons. The Morgan fingerprint density at radius 3 is 2.35 bits per heavy atom. The van der Waals surface area contributed by atoms with Gasteiger partial charge in [-0.15, -0.1) is 0 Å². The first-order chi connectivity index (χ1) is 7.91. The van der Waals surface area contributed by atoms with Crippen molar-refractivity contribution in [1.29, 1.82) is 5.41 Å². The van der Waals surface area contributed by atoms with Crippen LogP contribution in [0, 0.1) is 11.3 Å². The van der Waals surface area contributed by atoms with Crippen molar-refractivity contribution < 1.29 is 4.79 Å². The Balaban J connectivity index is 2.72. The second-order valence-electron chi connectivity index (χ2n) is 5.17. The molecule has 4 N–H and O–H groups in total. The van der Waals surface area contributed by atoms with E-state index < -0.39 is 5.54 Å². The number of hydrogen-bond acceptors (Lipinski definition) is 2. The number of nitrogens with one attached hydrogen (secondary N) is 2. The van der Waals surface area contributed by atoms with Crippen LogP contribution in [0.1, 0.15) is 39.0 Å². The molecule has 0 atom stereocenters. The van der Waals surface area contributed by atoms with Gasteiger partial charge in [0, 0.05) is 14.1 Å². The van der Waals surface area contributed by atoms with E-state index in [0.717, 1.165) is 32.1 Å². The average Bonchev–Trinajstić information content (AvgIpc) is 2.29. The SMILES string of the molecule is CCC1CCC(NC(=O)N(C)C)(C(=N)N)CC1. The van der Waals surface area contributed by atoms with E-state index in [1.54, 1.807) is 14.1 Å². The van der Waals surface area contributed by atoms with Crippen molar-refractivity contribution in [2.24, 2.45) is 11.7 Å². The number of nitrogens with zero attached hydrogens (tertiary/aromatic N) is 1. The van der Waals surface area contributed by atoms with Gasteiger partial charge in [-0.1, -0.05) is 13.3 Å². The lowest BCUT2D eigenvalue weighted by atomic mass is 9.75. The molecule has 1 aliphatic carbocycles. The van der Waals surface area contributed by atoms with Crippen molar-refractivity contribution in [2.45, 2.75) is 44.6 Å². The molecular weight excluding hydrogens is 216 g/mol. The van der Waals surface area contributed by atoms with Crippen molar-refractivity contribution in [3.8, 4) is 0 Å². The molecule has 98 valence electrons. The molecule has 0 spiro atoms. The van der Waals surface area contributed by atoms with Crippen LogP contribution in [0.4, 0.5) is 4.79 Å². The summed E-state index contributed by atoms with van der Waals surface area (Å²) in [5, 5.41) is 10.7. The second kappa shape index (κ2) is 5.38. The molecule has 0 aliphatic heterocycles. The quantitative estimate of drug-likeness (QED) is 0.516. The summed E-state index contributed by atoms with van der Waals surface area (Å²) in [6.07, 6.45) is 4.78. The highest BCUT2D eigenvalue weighted by Gasteiger charge is 2.39. The number of amidine groups is 1. The Morgan fingerprint density at radius 1 is 1.47 bits per heavy atom. The first kappa shape index (κ1) is 13.8. The molecule has 2 amide bonds. The van der Waals surface area contributed by atoms with E-state index in [4.69, 9.17) is 11.1 Å². The van der Waals surface area contributed by atoms with E-state index in [1.807, 2.05) is 0 Å². The van der Waals surface area contributed by atoms with Crippen LogP contribution < -0.4 is 11.1 Å². The van der Waals surface area contributed by atoms with Crippen molar-refractivity contribution in [2.75, 3.05) is 14.1 Å². The maximum atomic E-state index is 11.7. The molecule has 0 saturated heterocycles. The first-order valence-electron chi connectivity index (χ1n) is 6.25. The number of hydrogen-bond donors (Lipinski definition) is 3. The van der Waals surface area contributed by atoms with Gasteiger partial charge in [0.1, 0.15) is 5.84 Å². The predicted octanol–water partition coefficient (Wildman–Crippen LogP) is 1.53. The van der Waals surface area contributed by atoms with Gasteiger partial charge in [-0.25, -0.2) is 4.79 Å². The van der Waals surface area contributed by atoms with Crippen molar-refractivity contribution in [3.05, 3.63) is 0 Å². The molecule has 0 aromatic carbocycles. The molecule has 5 nitrogen and oxygen atoms in total. The van der Waals surface area contributed by atoms with E-state index in [1.165, 1.54) is 4.90 Å². The van der Waals surface area contributed by atoms with Crippen LogP contribution in [0.15, 0.2) is 0 Å². The Morgan fingerprint density at radius 2 is 2.00 bits per heavy atom. The fraction of sp³-hybridized carbons (Fsp3) is 0.833. The van der Waals surface area contributed by atoms with Crippen LogP contribution in [-0.2, 0) is 0 Å². The van der Waals surface area contributed by atoms with E-state index in [0.29, 0.717) is 5.92 Å². The molecule has 0 bridgehead atoms. The third kappa shape index (κ3) is 3.11. The summed E-state index contributed by atoms with van der Waals surface area (Å²) in [4.78, 5) is 13.2. The first-order valence-corrected chi connectivity index (χ1v) is 6.25. The Hall–Kier alpha value is -1.26. The highest BCUT2D eigenvalue weighted by molar-refractivity contribution is 5.91. The predicted molar refractivity (Wildman–Crippen MR) is 69.1 cm³/mol. The summed E-state index contributed by atoms with van der Waals surface area (Å²) in [7, 11) is 3.39. The van der Waals surface area contributed by atoms with Gasteiger partial charge >= 0.3 is 6.03 Å². The summed E-state index contributed by atoms with van der Waals surface area (Å²) in [5.74, 6) is 0.793. The average molecular weight is 240 g/mol. The van der Waals surface area contributed by atoms with E-state index in [9.17, 15) is 4.79 Å². The largest absolute Gasteiger partial charge is 0.386 e. The highest BCUT2D eigenvalue weighted by atomic mass is 16.2. The zero-order valence-electron chi connectivity index (χ0n) is 11.0. The molecule has 0 aromatic rings. The van der Waals surface area contributed by atoms with Crippen molar-refractivity contribution in [1.82, 2.24) is 10.2 Å². The van der Waals surface area contributed by atoms with E-state index in [2.05, 4.69) is 12.2 Å². The van der Waals surface area contributed by atoms with Crippen LogP contribution in [0.25, 0.3) is 0 Å². The van der Waals surface area contributed by atoms with Gasteiger partial charge in [0.25, 0.3) is 0 Å². The van der Waals surface area contributed by atoms with E-state index >= 15 is 0 Å². The normalized spacial score (nSPS) is 28.5. The minimum Gasteiger partial charge on any atom is -0.386 e. The lowest BCUT2D eigenvalue weighted by Gasteiger charge is -2.40. The van der Waals surface area contributed by atoms with Crippen LogP contribution in [-0.4, -0.2) is 36.4 Å². The Bertz CT molecular complexity index is 293. The van der Waals surface area contributed by atoms with Gasteiger partial charge in [0.2, 0.25) is 0 Å². The number of amides is 2. The summed E-state index contributed by atoms with van der Waals surface area (Å²) in [5.41, 5.74) is 5.07. The number of carbonyl (C=O) groups is 1. The lowest BCUT2D eigenvalue weighted by molar-refractivity contribution is 0.191. The van der Waals surface area contributed by atoms with Gasteiger partial charge in [-0.2, -0.15) is 0 Å². The third-order valence-electron chi connectivity index (χ3n) is 3.80. The highest BCUT2D eigenvalue weighted by Crippen LogP contribution is 2.33. The van der Waals surface area contributed by atoms with Gasteiger partial charge in [-0.3, -0.25) is 5.41 Å². The molecular formula is C12H24N4O. The van der Waals surface area contributed by atoms with Crippen LogP contribution in [0.2, 0.25) is 0 Å². The molecule has 1 aliphatic rings. The minimum atomic E-state index is -0.618. The second-order valence-corrected chi connectivity index (χ2v) is 5.17. The number of carbonyl (C=O) groups excluding carboxylic acids is 1. The van der Waals surface area contributed by atoms with Crippen molar-refractivity contribution in [3.63, 3.8) is 0 Å². The molecule has 1 rings (SSSR count). The van der Waals surface area contributed by atoms with E-state index in [-0.39, 0.29) is 11.9 Å². The molecule has 1 fully saturated rings. The fourth-order valence-electron chi connectivity index (χ4n) is 2.36. The number of nitrogens with two attached hydrogens (primary N) is 1. The summed E-state index contributed by atoms with van der Waals surface area (Å²) in [6, 6.07) is -0.171. The minimum absolute atomic E-state index is 0.0854. The number of rotatable bonds is 3.